The minimum Gasteiger partial charge on any atom is -0.472 e. The van der Waals surface area contributed by atoms with Crippen LogP contribution < -0.4 is 0 Å². The summed E-state index contributed by atoms with van der Waals surface area (Å²) in [6.45, 7) is 0. The molecule has 0 N–H and O–H groups in total. The van der Waals surface area contributed by atoms with Gasteiger partial charge in [-0.05, 0) is 30.4 Å². The SMILES string of the molecule is O=C(c1ccc(C2CCCCC2)cc1)c1ccoc1. The predicted octanol–water partition coefficient (Wildman–Crippen LogP) is 4.56. The molecule has 19 heavy (non-hydrogen) atoms. The molecular weight excluding hydrogens is 236 g/mol. The lowest BCUT2D eigenvalue weighted by molar-refractivity contribution is 0.103. The van der Waals surface area contributed by atoms with Crippen LogP contribution in [0.25, 0.3) is 0 Å². The summed E-state index contributed by atoms with van der Waals surface area (Å²) in [6, 6.07) is 9.82. The molecule has 3 rings (SSSR count). The Bertz CT molecular complexity index is 531. The highest BCUT2D eigenvalue weighted by molar-refractivity contribution is 6.08. The molecular formula is C17H18O2. The van der Waals surface area contributed by atoms with Crippen molar-refractivity contribution in [3.63, 3.8) is 0 Å². The van der Waals surface area contributed by atoms with E-state index in [1.807, 2.05) is 12.1 Å². The normalized spacial score (nSPS) is 16.4. The molecule has 0 bridgehead atoms. The van der Waals surface area contributed by atoms with Gasteiger partial charge in [0.1, 0.15) is 6.26 Å². The van der Waals surface area contributed by atoms with Crippen LogP contribution >= 0.6 is 0 Å². The number of ketones is 1. The van der Waals surface area contributed by atoms with Gasteiger partial charge in [0.15, 0.2) is 5.78 Å². The van der Waals surface area contributed by atoms with Crippen molar-refractivity contribution in [1.82, 2.24) is 0 Å². The molecule has 0 aliphatic heterocycles. The molecule has 2 aromatic rings. The van der Waals surface area contributed by atoms with Crippen molar-refractivity contribution in [2.75, 3.05) is 0 Å². The number of furan rings is 1. The number of benzene rings is 1. The first kappa shape index (κ1) is 12.2. The first-order valence-corrected chi connectivity index (χ1v) is 7.01. The quantitative estimate of drug-likeness (QED) is 0.752. The maximum atomic E-state index is 12.1. The van der Waals surface area contributed by atoms with Gasteiger partial charge >= 0.3 is 0 Å². The smallest absolute Gasteiger partial charge is 0.196 e. The van der Waals surface area contributed by atoms with Crippen LogP contribution in [0, 0.1) is 0 Å². The van der Waals surface area contributed by atoms with Gasteiger partial charge in [0.05, 0.1) is 11.8 Å². The summed E-state index contributed by atoms with van der Waals surface area (Å²) in [7, 11) is 0. The van der Waals surface area contributed by atoms with Gasteiger partial charge in [-0.15, -0.1) is 0 Å². The second-order valence-corrected chi connectivity index (χ2v) is 5.30. The van der Waals surface area contributed by atoms with E-state index < -0.39 is 0 Å². The molecule has 98 valence electrons. The second kappa shape index (κ2) is 5.43. The number of carbonyl (C=O) groups is 1. The Labute approximate surface area is 113 Å². The summed E-state index contributed by atoms with van der Waals surface area (Å²) in [5.41, 5.74) is 2.73. The summed E-state index contributed by atoms with van der Waals surface area (Å²) in [5.74, 6) is 0.718. The maximum Gasteiger partial charge on any atom is 0.196 e. The van der Waals surface area contributed by atoms with E-state index in [0.717, 1.165) is 5.56 Å². The van der Waals surface area contributed by atoms with E-state index in [9.17, 15) is 4.79 Å². The molecule has 1 fully saturated rings. The van der Waals surface area contributed by atoms with E-state index in [1.54, 1.807) is 6.07 Å². The van der Waals surface area contributed by atoms with Crippen LogP contribution in [-0.4, -0.2) is 5.78 Å². The second-order valence-electron chi connectivity index (χ2n) is 5.30. The fourth-order valence-corrected chi connectivity index (χ4v) is 2.90. The van der Waals surface area contributed by atoms with Crippen molar-refractivity contribution in [2.45, 2.75) is 38.0 Å². The Morgan fingerprint density at radius 1 is 0.947 bits per heavy atom. The average molecular weight is 254 g/mol. The van der Waals surface area contributed by atoms with Crippen molar-refractivity contribution in [3.05, 3.63) is 59.5 Å². The van der Waals surface area contributed by atoms with Crippen LogP contribution in [0.15, 0.2) is 47.3 Å². The van der Waals surface area contributed by atoms with Crippen LogP contribution in [-0.2, 0) is 0 Å². The minimum atomic E-state index is 0.0314. The molecule has 1 heterocycles. The van der Waals surface area contributed by atoms with Gasteiger partial charge in [-0.3, -0.25) is 4.79 Å². The van der Waals surface area contributed by atoms with E-state index in [2.05, 4.69) is 12.1 Å². The molecule has 0 spiro atoms. The van der Waals surface area contributed by atoms with Crippen LogP contribution in [0.4, 0.5) is 0 Å². The first-order chi connectivity index (χ1) is 9.34. The van der Waals surface area contributed by atoms with Crippen molar-refractivity contribution < 1.29 is 9.21 Å². The minimum absolute atomic E-state index is 0.0314. The molecule has 0 amide bonds. The van der Waals surface area contributed by atoms with Crippen molar-refractivity contribution in [2.24, 2.45) is 0 Å². The fraction of sp³-hybridized carbons (Fsp3) is 0.353. The standard InChI is InChI=1S/C17H18O2/c18-17(16-10-11-19-12-16)15-8-6-14(7-9-15)13-4-2-1-3-5-13/h6-13H,1-5H2. The van der Waals surface area contributed by atoms with Gasteiger partial charge in [0.2, 0.25) is 0 Å². The van der Waals surface area contributed by atoms with E-state index in [0.29, 0.717) is 11.5 Å². The van der Waals surface area contributed by atoms with Crippen LogP contribution in [0.2, 0.25) is 0 Å². The Kier molecular flexibility index (Phi) is 3.49. The van der Waals surface area contributed by atoms with Crippen molar-refractivity contribution in [3.8, 4) is 0 Å². The molecule has 0 saturated heterocycles. The summed E-state index contributed by atoms with van der Waals surface area (Å²) in [6.07, 6.45) is 9.64. The van der Waals surface area contributed by atoms with Gasteiger partial charge in [0.25, 0.3) is 0 Å². The zero-order valence-electron chi connectivity index (χ0n) is 11.0. The lowest BCUT2D eigenvalue weighted by atomic mass is 9.84. The van der Waals surface area contributed by atoms with E-state index in [1.165, 1.54) is 50.2 Å². The van der Waals surface area contributed by atoms with Crippen LogP contribution in [0.3, 0.4) is 0 Å². The number of hydrogen-bond acceptors (Lipinski definition) is 2. The molecule has 1 aromatic carbocycles. The largest absolute Gasteiger partial charge is 0.472 e. The molecule has 1 saturated carbocycles. The van der Waals surface area contributed by atoms with E-state index in [4.69, 9.17) is 4.42 Å². The highest BCUT2D eigenvalue weighted by Gasteiger charge is 2.16. The third kappa shape index (κ3) is 2.62. The van der Waals surface area contributed by atoms with Crippen LogP contribution in [0.1, 0.15) is 59.5 Å². The molecule has 1 aliphatic carbocycles. The highest BCUT2D eigenvalue weighted by Crippen LogP contribution is 2.32. The van der Waals surface area contributed by atoms with Gasteiger partial charge in [-0.1, -0.05) is 43.5 Å². The Hall–Kier alpha value is -1.83. The number of rotatable bonds is 3. The summed E-state index contributed by atoms with van der Waals surface area (Å²) in [4.78, 5) is 12.1. The monoisotopic (exact) mass is 254 g/mol. The topological polar surface area (TPSA) is 30.2 Å². The van der Waals surface area contributed by atoms with Gasteiger partial charge in [-0.25, -0.2) is 0 Å². The van der Waals surface area contributed by atoms with E-state index >= 15 is 0 Å². The van der Waals surface area contributed by atoms with Gasteiger partial charge in [-0.2, -0.15) is 0 Å². The third-order valence-corrected chi connectivity index (χ3v) is 4.03. The zero-order valence-corrected chi connectivity index (χ0v) is 11.0. The number of carbonyl (C=O) groups excluding carboxylic acids is 1. The molecule has 0 atom stereocenters. The Morgan fingerprint density at radius 2 is 1.68 bits per heavy atom. The Balaban J connectivity index is 1.77. The highest BCUT2D eigenvalue weighted by atomic mass is 16.3. The molecule has 2 nitrogen and oxygen atoms in total. The summed E-state index contributed by atoms with van der Waals surface area (Å²) < 4.78 is 4.96. The molecule has 0 unspecified atom stereocenters. The van der Waals surface area contributed by atoms with E-state index in [-0.39, 0.29) is 5.78 Å². The zero-order chi connectivity index (χ0) is 13.1. The summed E-state index contributed by atoms with van der Waals surface area (Å²) in [5, 5.41) is 0. The van der Waals surface area contributed by atoms with Gasteiger partial charge < -0.3 is 4.42 Å². The fourth-order valence-electron chi connectivity index (χ4n) is 2.90. The third-order valence-electron chi connectivity index (χ3n) is 4.03. The maximum absolute atomic E-state index is 12.1. The lowest BCUT2D eigenvalue weighted by Gasteiger charge is -2.21. The van der Waals surface area contributed by atoms with Crippen molar-refractivity contribution in [1.29, 1.82) is 0 Å². The van der Waals surface area contributed by atoms with Crippen molar-refractivity contribution >= 4 is 5.78 Å². The van der Waals surface area contributed by atoms with Gasteiger partial charge in [0, 0.05) is 5.56 Å². The molecule has 0 radical (unpaired) electrons. The molecule has 2 heteroatoms. The molecule has 1 aromatic heterocycles. The predicted molar refractivity (Wildman–Crippen MR) is 74.4 cm³/mol. The molecule has 1 aliphatic rings. The first-order valence-electron chi connectivity index (χ1n) is 7.01. The average Bonchev–Trinajstić information content (AvgIpc) is 3.02. The summed E-state index contributed by atoms with van der Waals surface area (Å²) >= 11 is 0. The lowest BCUT2D eigenvalue weighted by Crippen LogP contribution is -2.05. The number of hydrogen-bond donors (Lipinski definition) is 0. The Morgan fingerprint density at radius 3 is 2.32 bits per heavy atom. The van der Waals surface area contributed by atoms with Crippen LogP contribution in [0.5, 0.6) is 0 Å².